The molecule has 0 fully saturated rings. The first-order valence-corrected chi connectivity index (χ1v) is 11.3. The standard InChI is InChI=1S/C22H20ClFN2O3S/c1-30(28,29)26(15-18-4-2-3-5-21(18)24)20-12-8-17(9-13-20)22(27)25-14-16-6-10-19(23)11-7-16/h2-13H,14-15H2,1H3,(H,25,27). The molecule has 0 bridgehead atoms. The van der Waals surface area contributed by atoms with Crippen LogP contribution in [0.3, 0.4) is 0 Å². The van der Waals surface area contributed by atoms with Crippen LogP contribution in [0.4, 0.5) is 10.1 Å². The molecule has 0 atom stereocenters. The summed E-state index contributed by atoms with van der Waals surface area (Å²) < 4.78 is 39.6. The summed E-state index contributed by atoms with van der Waals surface area (Å²) in [6.07, 6.45) is 1.06. The third-order valence-electron chi connectivity index (χ3n) is 4.46. The third-order valence-corrected chi connectivity index (χ3v) is 5.85. The summed E-state index contributed by atoms with van der Waals surface area (Å²) in [4.78, 5) is 12.4. The van der Waals surface area contributed by atoms with Crippen LogP contribution in [-0.2, 0) is 23.1 Å². The molecule has 0 spiro atoms. The van der Waals surface area contributed by atoms with Crippen LogP contribution in [0, 0.1) is 5.82 Å². The number of carbonyl (C=O) groups is 1. The van der Waals surface area contributed by atoms with Crippen LogP contribution in [0.5, 0.6) is 0 Å². The lowest BCUT2D eigenvalue weighted by Crippen LogP contribution is -2.30. The maximum atomic E-state index is 14.0. The van der Waals surface area contributed by atoms with E-state index in [1.807, 2.05) is 12.1 Å². The molecule has 0 unspecified atom stereocenters. The SMILES string of the molecule is CS(=O)(=O)N(Cc1ccccc1F)c1ccc(C(=O)NCc2ccc(Cl)cc2)cc1. The summed E-state index contributed by atoms with van der Waals surface area (Å²) in [6, 6.07) is 19.2. The van der Waals surface area contributed by atoms with E-state index < -0.39 is 15.8 Å². The Morgan fingerprint density at radius 1 is 1.00 bits per heavy atom. The molecule has 0 aliphatic rings. The lowest BCUT2D eigenvalue weighted by atomic mass is 10.1. The summed E-state index contributed by atoms with van der Waals surface area (Å²) in [7, 11) is -3.66. The van der Waals surface area contributed by atoms with Gasteiger partial charge in [-0.15, -0.1) is 0 Å². The van der Waals surface area contributed by atoms with Gasteiger partial charge in [0.2, 0.25) is 10.0 Å². The van der Waals surface area contributed by atoms with Gasteiger partial charge in [0.1, 0.15) is 5.82 Å². The van der Waals surface area contributed by atoms with Gasteiger partial charge >= 0.3 is 0 Å². The fraction of sp³-hybridized carbons (Fsp3) is 0.136. The van der Waals surface area contributed by atoms with Crippen molar-refractivity contribution in [1.29, 1.82) is 0 Å². The first kappa shape index (κ1) is 21.8. The molecule has 0 aliphatic heterocycles. The zero-order valence-corrected chi connectivity index (χ0v) is 17.8. The lowest BCUT2D eigenvalue weighted by molar-refractivity contribution is 0.0951. The monoisotopic (exact) mass is 446 g/mol. The molecule has 1 amide bonds. The average molecular weight is 447 g/mol. The molecule has 0 saturated heterocycles. The van der Waals surface area contributed by atoms with Gasteiger partial charge in [-0.25, -0.2) is 12.8 Å². The van der Waals surface area contributed by atoms with Crippen molar-refractivity contribution in [2.75, 3.05) is 10.6 Å². The van der Waals surface area contributed by atoms with E-state index in [1.54, 1.807) is 24.3 Å². The maximum absolute atomic E-state index is 14.0. The van der Waals surface area contributed by atoms with Crippen molar-refractivity contribution < 1.29 is 17.6 Å². The molecular formula is C22H20ClFN2O3S. The number of hydrogen-bond acceptors (Lipinski definition) is 3. The number of amides is 1. The van der Waals surface area contributed by atoms with E-state index in [1.165, 1.54) is 36.4 Å². The Bertz CT molecular complexity index is 1130. The summed E-state index contributed by atoms with van der Waals surface area (Å²) in [5.41, 5.74) is 1.88. The number of anilines is 1. The van der Waals surface area contributed by atoms with Gasteiger partial charge in [0.05, 0.1) is 18.5 Å². The largest absolute Gasteiger partial charge is 0.348 e. The minimum atomic E-state index is -3.66. The van der Waals surface area contributed by atoms with E-state index in [0.29, 0.717) is 22.8 Å². The Kier molecular flexibility index (Phi) is 6.74. The summed E-state index contributed by atoms with van der Waals surface area (Å²) >= 11 is 5.85. The first-order valence-electron chi connectivity index (χ1n) is 9.08. The van der Waals surface area contributed by atoms with Crippen LogP contribution in [0.2, 0.25) is 5.02 Å². The van der Waals surface area contributed by atoms with Gasteiger partial charge in [-0.1, -0.05) is 41.9 Å². The van der Waals surface area contributed by atoms with Crippen molar-refractivity contribution in [3.63, 3.8) is 0 Å². The number of nitrogens with zero attached hydrogens (tertiary/aromatic N) is 1. The predicted molar refractivity (Wildman–Crippen MR) is 116 cm³/mol. The van der Waals surface area contributed by atoms with Crippen molar-refractivity contribution in [3.8, 4) is 0 Å². The predicted octanol–water partition coefficient (Wildman–Crippen LogP) is 4.38. The molecule has 156 valence electrons. The van der Waals surface area contributed by atoms with Crippen LogP contribution >= 0.6 is 11.6 Å². The van der Waals surface area contributed by atoms with Gasteiger partial charge in [-0.3, -0.25) is 9.10 Å². The second-order valence-electron chi connectivity index (χ2n) is 6.72. The fourth-order valence-electron chi connectivity index (χ4n) is 2.85. The van der Waals surface area contributed by atoms with E-state index >= 15 is 0 Å². The lowest BCUT2D eigenvalue weighted by Gasteiger charge is -2.23. The molecule has 5 nitrogen and oxygen atoms in total. The number of sulfonamides is 1. The van der Waals surface area contributed by atoms with E-state index in [-0.39, 0.29) is 18.0 Å². The quantitative estimate of drug-likeness (QED) is 0.585. The van der Waals surface area contributed by atoms with E-state index in [2.05, 4.69) is 5.32 Å². The topological polar surface area (TPSA) is 66.5 Å². The molecular weight excluding hydrogens is 427 g/mol. The number of rotatable bonds is 7. The van der Waals surface area contributed by atoms with E-state index in [9.17, 15) is 17.6 Å². The normalized spacial score (nSPS) is 11.2. The number of halogens is 2. The van der Waals surface area contributed by atoms with Gasteiger partial charge in [-0.2, -0.15) is 0 Å². The van der Waals surface area contributed by atoms with E-state index in [4.69, 9.17) is 11.6 Å². The van der Waals surface area contributed by atoms with Gasteiger partial charge in [0.15, 0.2) is 0 Å². The van der Waals surface area contributed by atoms with Crippen molar-refractivity contribution in [2.24, 2.45) is 0 Å². The third kappa shape index (κ3) is 5.58. The molecule has 0 aromatic heterocycles. The zero-order chi connectivity index (χ0) is 21.7. The van der Waals surface area contributed by atoms with Crippen LogP contribution in [-0.4, -0.2) is 20.6 Å². The number of nitrogens with one attached hydrogen (secondary N) is 1. The highest BCUT2D eigenvalue weighted by Crippen LogP contribution is 2.22. The van der Waals surface area contributed by atoms with Crippen LogP contribution in [0.15, 0.2) is 72.8 Å². The van der Waals surface area contributed by atoms with E-state index in [0.717, 1.165) is 16.1 Å². The molecule has 3 aromatic rings. The number of carbonyl (C=O) groups excluding carboxylic acids is 1. The second kappa shape index (κ2) is 9.28. The van der Waals surface area contributed by atoms with Gasteiger partial charge < -0.3 is 5.32 Å². The summed E-state index contributed by atoms with van der Waals surface area (Å²) in [5.74, 6) is -0.777. The van der Waals surface area contributed by atoms with Gasteiger partial charge in [0.25, 0.3) is 5.91 Å². The Balaban J connectivity index is 1.73. The highest BCUT2D eigenvalue weighted by atomic mass is 35.5. The van der Waals surface area contributed by atoms with Crippen molar-refractivity contribution >= 4 is 33.2 Å². The highest BCUT2D eigenvalue weighted by molar-refractivity contribution is 7.92. The molecule has 0 saturated carbocycles. The molecule has 0 aliphatic carbocycles. The van der Waals surface area contributed by atoms with Gasteiger partial charge in [0, 0.05) is 22.7 Å². The Morgan fingerprint density at radius 3 is 2.23 bits per heavy atom. The highest BCUT2D eigenvalue weighted by Gasteiger charge is 2.20. The van der Waals surface area contributed by atoms with Crippen molar-refractivity contribution in [3.05, 3.63) is 100 Å². The van der Waals surface area contributed by atoms with Crippen molar-refractivity contribution in [2.45, 2.75) is 13.1 Å². The number of hydrogen-bond donors (Lipinski definition) is 1. The van der Waals surface area contributed by atoms with Crippen LogP contribution < -0.4 is 9.62 Å². The minimum Gasteiger partial charge on any atom is -0.348 e. The molecule has 3 aromatic carbocycles. The molecule has 8 heteroatoms. The zero-order valence-electron chi connectivity index (χ0n) is 16.2. The first-order chi connectivity index (χ1) is 14.2. The van der Waals surface area contributed by atoms with Crippen molar-refractivity contribution in [1.82, 2.24) is 5.32 Å². The number of benzene rings is 3. The maximum Gasteiger partial charge on any atom is 0.251 e. The minimum absolute atomic E-state index is 0.145. The molecule has 30 heavy (non-hydrogen) atoms. The fourth-order valence-corrected chi connectivity index (χ4v) is 3.85. The average Bonchev–Trinajstić information content (AvgIpc) is 2.72. The summed E-state index contributed by atoms with van der Waals surface area (Å²) in [6.45, 7) is 0.189. The molecule has 3 rings (SSSR count). The Labute approximate surface area is 180 Å². The molecule has 0 radical (unpaired) electrons. The van der Waals surface area contributed by atoms with Crippen LogP contribution in [0.1, 0.15) is 21.5 Å². The second-order valence-corrected chi connectivity index (χ2v) is 9.06. The van der Waals surface area contributed by atoms with Crippen LogP contribution in [0.25, 0.3) is 0 Å². The van der Waals surface area contributed by atoms with Gasteiger partial charge in [-0.05, 0) is 48.0 Å². The summed E-state index contributed by atoms with van der Waals surface area (Å²) in [5, 5.41) is 3.41. The molecule has 0 heterocycles. The Morgan fingerprint density at radius 2 is 1.63 bits per heavy atom. The smallest absolute Gasteiger partial charge is 0.251 e. The molecule has 1 N–H and O–H groups in total. The Hall–Kier alpha value is -2.90.